The average molecular weight is 249 g/mol. The Balaban J connectivity index is 0.000000360. The van der Waals surface area contributed by atoms with E-state index in [1.54, 1.807) is 0 Å². The first-order chi connectivity index (χ1) is 3.00. The zero-order chi connectivity index (χ0) is 4.24. The van der Waals surface area contributed by atoms with E-state index in [-0.39, 0.29) is 37.5 Å². The van der Waals surface area contributed by atoms with Crippen molar-refractivity contribution in [3.05, 3.63) is 26.4 Å². The zero-order valence-corrected chi connectivity index (χ0v) is 7.08. The van der Waals surface area contributed by atoms with Crippen LogP contribution in [0.1, 0.15) is 0 Å². The second-order valence-corrected chi connectivity index (χ2v) is 3.32. The topological polar surface area (TPSA) is 0 Å². The van der Waals surface area contributed by atoms with Crippen molar-refractivity contribution in [3.8, 4) is 0 Å². The van der Waals surface area contributed by atoms with Crippen molar-refractivity contribution in [2.24, 2.45) is 0 Å². The van der Waals surface area contributed by atoms with E-state index in [2.05, 4.69) is 26.4 Å². The van der Waals surface area contributed by atoms with E-state index in [0.717, 1.165) is 0 Å². The SMILES string of the molecule is [Fe+2].c1cc[te+]cc1. The van der Waals surface area contributed by atoms with Crippen LogP contribution in [0.5, 0.6) is 0 Å². The van der Waals surface area contributed by atoms with E-state index < -0.39 is 0 Å². The second kappa shape index (κ2) is 4.81. The van der Waals surface area contributed by atoms with Crippen LogP contribution in [0.2, 0.25) is 0 Å². The van der Waals surface area contributed by atoms with Gasteiger partial charge in [-0.25, -0.2) is 0 Å². The van der Waals surface area contributed by atoms with Gasteiger partial charge in [-0.3, -0.25) is 0 Å². The quantitative estimate of drug-likeness (QED) is 0.602. The summed E-state index contributed by atoms with van der Waals surface area (Å²) in [6, 6.07) is 6.29. The van der Waals surface area contributed by atoms with Crippen molar-refractivity contribution in [3.63, 3.8) is 0 Å². The molecule has 36 valence electrons. The second-order valence-electron chi connectivity index (χ2n) is 0.986. The van der Waals surface area contributed by atoms with Crippen molar-refractivity contribution < 1.29 is 17.1 Å². The molecule has 0 nitrogen and oxygen atoms in total. The fourth-order valence-corrected chi connectivity index (χ4v) is 1.59. The maximum atomic E-state index is 2.26. The molecule has 0 spiro atoms. The van der Waals surface area contributed by atoms with Crippen LogP contribution in [0.4, 0.5) is 0 Å². The molecule has 1 rings (SSSR count). The molecule has 0 bridgehead atoms. The van der Waals surface area contributed by atoms with E-state index in [4.69, 9.17) is 0 Å². The summed E-state index contributed by atoms with van der Waals surface area (Å²) < 4.78 is 4.51. The summed E-state index contributed by atoms with van der Waals surface area (Å²) in [5, 5.41) is 0. The van der Waals surface area contributed by atoms with E-state index in [1.165, 1.54) is 0 Å². The monoisotopic (exact) mass is 251 g/mol. The minimum atomic E-state index is 0. The predicted molar refractivity (Wildman–Crippen MR) is 27.8 cm³/mol. The number of hydrogen-bond acceptors (Lipinski definition) is 0. The first-order valence-corrected chi connectivity index (χ1v) is 4.50. The molecular weight excluding hydrogens is 243 g/mol. The van der Waals surface area contributed by atoms with Crippen molar-refractivity contribution in [1.29, 1.82) is 0 Å². The molecule has 0 saturated carbocycles. The normalized spacial score (nSPS) is 6.86. The average Bonchev–Trinajstić information content (AvgIpc) is 1.72. The molecule has 0 radical (unpaired) electrons. The molecule has 0 amide bonds. The third-order valence-electron chi connectivity index (χ3n) is 0.536. The van der Waals surface area contributed by atoms with Gasteiger partial charge in [0.15, 0.2) is 0 Å². The summed E-state index contributed by atoms with van der Waals surface area (Å²) >= 11 is 0.180. The molecule has 0 fully saturated rings. The van der Waals surface area contributed by atoms with Crippen LogP contribution in [0, 0.1) is 0 Å². The molecule has 0 aliphatic carbocycles. The first-order valence-electron chi connectivity index (χ1n) is 1.80. The standard InChI is InChI=1S/C5H5Te.Fe/c1-2-4-6-5-3-1;/h1-5H;/q+1;+2. The summed E-state index contributed by atoms with van der Waals surface area (Å²) in [6.07, 6.45) is 0. The first kappa shape index (κ1) is 7.66. The van der Waals surface area contributed by atoms with Gasteiger partial charge < -0.3 is 0 Å². The molecule has 0 atom stereocenters. The van der Waals surface area contributed by atoms with Crippen LogP contribution in [-0.2, 0) is 17.1 Å². The summed E-state index contributed by atoms with van der Waals surface area (Å²) in [5.41, 5.74) is 0. The van der Waals surface area contributed by atoms with E-state index in [1.807, 2.05) is 0 Å². The molecule has 0 aromatic carbocycles. The number of rotatable bonds is 0. The van der Waals surface area contributed by atoms with E-state index in [0.29, 0.717) is 0 Å². The third kappa shape index (κ3) is 3.26. The third-order valence-corrected chi connectivity index (χ3v) is 2.33. The molecule has 0 aliphatic heterocycles. The van der Waals surface area contributed by atoms with Crippen LogP contribution in [-0.4, -0.2) is 20.4 Å². The minimum absolute atomic E-state index is 0. The molecule has 1 heterocycles. The Kier molecular flexibility index (Phi) is 5.26. The van der Waals surface area contributed by atoms with Gasteiger partial charge in [0.25, 0.3) is 0 Å². The Labute approximate surface area is 63.7 Å². The molecule has 1 aromatic heterocycles. The molecular formula is C5H5FeTe+3. The molecule has 7 heavy (non-hydrogen) atoms. The molecule has 0 N–H and O–H groups in total. The Morgan fingerprint density at radius 3 is 1.57 bits per heavy atom. The number of hydrogen-bond donors (Lipinski definition) is 0. The van der Waals surface area contributed by atoms with Crippen molar-refractivity contribution in [2.45, 2.75) is 0 Å². The molecule has 2 heteroatoms. The summed E-state index contributed by atoms with van der Waals surface area (Å²) in [5.74, 6) is 0. The van der Waals surface area contributed by atoms with Crippen molar-refractivity contribution in [1.82, 2.24) is 0 Å². The van der Waals surface area contributed by atoms with Crippen LogP contribution < -0.4 is 0 Å². The molecule has 1 aromatic rings. The fraction of sp³-hybridized carbons (Fsp3) is 0. The zero-order valence-electron chi connectivity index (χ0n) is 3.65. The van der Waals surface area contributed by atoms with Crippen LogP contribution >= 0.6 is 0 Å². The fourth-order valence-electron chi connectivity index (χ4n) is 0.291. The Morgan fingerprint density at radius 2 is 1.43 bits per heavy atom. The van der Waals surface area contributed by atoms with Gasteiger partial charge >= 0.3 is 63.9 Å². The Morgan fingerprint density at radius 1 is 0.857 bits per heavy atom. The van der Waals surface area contributed by atoms with Gasteiger partial charge in [-0.1, -0.05) is 0 Å². The van der Waals surface area contributed by atoms with Crippen LogP contribution in [0.25, 0.3) is 0 Å². The maximum absolute atomic E-state index is 2.26. The molecule has 0 aliphatic rings. The van der Waals surface area contributed by atoms with Gasteiger partial charge in [-0.05, 0) is 0 Å². The van der Waals surface area contributed by atoms with Crippen molar-refractivity contribution in [2.75, 3.05) is 0 Å². The Hall–Kier alpha value is 0.659. The Bertz CT molecular complexity index is 80.0. The van der Waals surface area contributed by atoms with Gasteiger partial charge in [0.1, 0.15) is 0 Å². The summed E-state index contributed by atoms with van der Waals surface area (Å²) in [7, 11) is 0. The van der Waals surface area contributed by atoms with Gasteiger partial charge in [-0.2, -0.15) is 0 Å². The van der Waals surface area contributed by atoms with Gasteiger partial charge in [0.05, 0.1) is 0 Å². The molecule has 0 saturated heterocycles. The molecule has 0 unspecified atom stereocenters. The summed E-state index contributed by atoms with van der Waals surface area (Å²) in [4.78, 5) is 0. The van der Waals surface area contributed by atoms with Crippen molar-refractivity contribution >= 4 is 20.4 Å². The summed E-state index contributed by atoms with van der Waals surface area (Å²) in [6.45, 7) is 0. The van der Waals surface area contributed by atoms with E-state index in [9.17, 15) is 0 Å². The van der Waals surface area contributed by atoms with Crippen LogP contribution in [0.3, 0.4) is 0 Å². The van der Waals surface area contributed by atoms with Crippen LogP contribution in [0.15, 0.2) is 26.4 Å². The van der Waals surface area contributed by atoms with Gasteiger partial charge in [0, 0.05) is 0 Å². The van der Waals surface area contributed by atoms with E-state index >= 15 is 0 Å². The predicted octanol–water partition coefficient (Wildman–Crippen LogP) is 1.02. The van der Waals surface area contributed by atoms with Gasteiger partial charge in [0.2, 0.25) is 0 Å². The van der Waals surface area contributed by atoms with Gasteiger partial charge in [-0.15, -0.1) is 0 Å².